The minimum absolute atomic E-state index is 0.0142. The molecule has 0 bridgehead atoms. The van der Waals surface area contributed by atoms with Gasteiger partial charge in [0.2, 0.25) is 0 Å². The predicted octanol–water partition coefficient (Wildman–Crippen LogP) is 4.90. The van der Waals surface area contributed by atoms with E-state index in [0.29, 0.717) is 11.3 Å². The number of fused-ring (bicyclic) bond motifs is 3. The van der Waals surface area contributed by atoms with Crippen molar-refractivity contribution in [3.05, 3.63) is 89.5 Å². The SMILES string of the molecule is CC(C)N(CC(O)COc1ccc(C=O)cc1)C(=O)OCC1c2ccccc2-c2ccccc21. The highest BCUT2D eigenvalue weighted by molar-refractivity contribution is 5.79. The van der Waals surface area contributed by atoms with Crippen molar-refractivity contribution in [1.82, 2.24) is 4.90 Å². The zero-order valence-electron chi connectivity index (χ0n) is 19.4. The Morgan fingerprint density at radius 3 is 2.12 bits per heavy atom. The molecule has 0 heterocycles. The molecule has 1 aliphatic carbocycles. The zero-order chi connectivity index (χ0) is 24.1. The number of rotatable bonds is 9. The Bertz CT molecular complexity index is 1100. The van der Waals surface area contributed by atoms with Crippen LogP contribution in [0.1, 0.15) is 41.3 Å². The Labute approximate surface area is 199 Å². The number of aldehydes is 1. The number of benzene rings is 3. The maximum absolute atomic E-state index is 13.0. The molecule has 1 unspecified atom stereocenters. The summed E-state index contributed by atoms with van der Waals surface area (Å²) in [5.41, 5.74) is 5.21. The summed E-state index contributed by atoms with van der Waals surface area (Å²) in [7, 11) is 0. The van der Waals surface area contributed by atoms with Crippen LogP contribution < -0.4 is 4.74 Å². The predicted molar refractivity (Wildman–Crippen MR) is 130 cm³/mol. The van der Waals surface area contributed by atoms with Crippen molar-refractivity contribution < 1.29 is 24.2 Å². The first kappa shape index (κ1) is 23.5. The molecule has 1 atom stereocenters. The number of carbonyl (C=O) groups excluding carboxylic acids is 2. The van der Waals surface area contributed by atoms with Crippen LogP contribution in [0.4, 0.5) is 4.79 Å². The third-order valence-electron chi connectivity index (χ3n) is 6.06. The summed E-state index contributed by atoms with van der Waals surface area (Å²) in [6.45, 7) is 4.09. The van der Waals surface area contributed by atoms with Gasteiger partial charge in [-0.05, 0) is 60.4 Å². The molecule has 3 aromatic rings. The lowest BCUT2D eigenvalue weighted by atomic mass is 9.98. The summed E-state index contributed by atoms with van der Waals surface area (Å²) >= 11 is 0. The Balaban J connectivity index is 1.36. The van der Waals surface area contributed by atoms with E-state index in [1.807, 2.05) is 38.1 Å². The molecule has 6 heteroatoms. The maximum atomic E-state index is 13.0. The molecule has 1 N–H and O–H groups in total. The van der Waals surface area contributed by atoms with Crippen LogP contribution in [0.5, 0.6) is 5.75 Å². The average Bonchev–Trinajstić information content (AvgIpc) is 3.18. The lowest BCUT2D eigenvalue weighted by Gasteiger charge is -2.28. The van der Waals surface area contributed by atoms with Gasteiger partial charge in [-0.1, -0.05) is 48.5 Å². The molecule has 3 aromatic carbocycles. The lowest BCUT2D eigenvalue weighted by molar-refractivity contribution is 0.0418. The van der Waals surface area contributed by atoms with Crippen LogP contribution in [-0.2, 0) is 4.74 Å². The highest BCUT2D eigenvalue weighted by atomic mass is 16.6. The fourth-order valence-corrected chi connectivity index (χ4v) is 4.29. The second-order valence-corrected chi connectivity index (χ2v) is 8.70. The number of hydrogen-bond donors (Lipinski definition) is 1. The van der Waals surface area contributed by atoms with E-state index in [1.54, 1.807) is 24.3 Å². The van der Waals surface area contributed by atoms with Gasteiger partial charge in [0.15, 0.2) is 0 Å². The van der Waals surface area contributed by atoms with E-state index in [-0.39, 0.29) is 31.7 Å². The Kier molecular flexibility index (Phi) is 7.28. The van der Waals surface area contributed by atoms with Crippen molar-refractivity contribution in [3.63, 3.8) is 0 Å². The summed E-state index contributed by atoms with van der Waals surface area (Å²) < 4.78 is 11.4. The highest BCUT2D eigenvalue weighted by Gasteiger charge is 2.30. The van der Waals surface area contributed by atoms with E-state index in [1.165, 1.54) is 16.0 Å². The fraction of sp³-hybridized carbons (Fsp3) is 0.286. The van der Waals surface area contributed by atoms with Crippen molar-refractivity contribution in [2.45, 2.75) is 31.9 Å². The maximum Gasteiger partial charge on any atom is 0.410 e. The number of aliphatic hydroxyl groups is 1. The van der Waals surface area contributed by atoms with Crippen LogP contribution in [0, 0.1) is 0 Å². The summed E-state index contributed by atoms with van der Waals surface area (Å²) in [6.07, 6.45) is -0.604. The van der Waals surface area contributed by atoms with Crippen LogP contribution in [0.15, 0.2) is 72.8 Å². The minimum atomic E-state index is -0.895. The van der Waals surface area contributed by atoms with Crippen molar-refractivity contribution in [3.8, 4) is 16.9 Å². The van der Waals surface area contributed by atoms with Gasteiger partial charge in [-0.2, -0.15) is 0 Å². The highest BCUT2D eigenvalue weighted by Crippen LogP contribution is 2.44. The Hall–Kier alpha value is -3.64. The topological polar surface area (TPSA) is 76.1 Å². The van der Waals surface area contributed by atoms with Gasteiger partial charge in [-0.25, -0.2) is 4.79 Å². The molecule has 34 heavy (non-hydrogen) atoms. The molecule has 1 amide bonds. The van der Waals surface area contributed by atoms with Crippen LogP contribution in [0.3, 0.4) is 0 Å². The second-order valence-electron chi connectivity index (χ2n) is 8.70. The van der Waals surface area contributed by atoms with Gasteiger partial charge < -0.3 is 19.5 Å². The van der Waals surface area contributed by atoms with Crippen molar-refractivity contribution in [2.75, 3.05) is 19.8 Å². The third kappa shape index (κ3) is 5.13. The monoisotopic (exact) mass is 459 g/mol. The quantitative estimate of drug-likeness (QED) is 0.461. The van der Waals surface area contributed by atoms with Crippen molar-refractivity contribution in [1.29, 1.82) is 0 Å². The van der Waals surface area contributed by atoms with Crippen molar-refractivity contribution in [2.24, 2.45) is 0 Å². The van der Waals surface area contributed by atoms with E-state index in [9.17, 15) is 14.7 Å². The molecule has 0 fully saturated rings. The molecule has 176 valence electrons. The summed E-state index contributed by atoms with van der Waals surface area (Å²) in [5.74, 6) is 0.523. The summed E-state index contributed by atoms with van der Waals surface area (Å²) in [6, 6.07) is 22.9. The van der Waals surface area contributed by atoms with Gasteiger partial charge in [0.05, 0.1) is 6.54 Å². The van der Waals surface area contributed by atoms with Gasteiger partial charge in [-0.3, -0.25) is 4.79 Å². The second kappa shape index (κ2) is 10.5. The van der Waals surface area contributed by atoms with E-state index in [0.717, 1.165) is 17.4 Å². The van der Waals surface area contributed by atoms with E-state index in [4.69, 9.17) is 9.47 Å². The van der Waals surface area contributed by atoms with Gasteiger partial charge in [0.25, 0.3) is 0 Å². The van der Waals surface area contributed by atoms with Crippen LogP contribution in [0.25, 0.3) is 11.1 Å². The van der Waals surface area contributed by atoms with E-state index >= 15 is 0 Å². The van der Waals surface area contributed by atoms with Crippen LogP contribution >= 0.6 is 0 Å². The first-order valence-corrected chi connectivity index (χ1v) is 11.5. The van der Waals surface area contributed by atoms with Gasteiger partial charge in [-0.15, -0.1) is 0 Å². The molecule has 0 aliphatic heterocycles. The molecule has 0 saturated carbocycles. The number of nitrogens with zero attached hydrogens (tertiary/aromatic N) is 1. The summed E-state index contributed by atoms with van der Waals surface area (Å²) in [4.78, 5) is 25.2. The molecule has 0 aromatic heterocycles. The third-order valence-corrected chi connectivity index (χ3v) is 6.06. The Morgan fingerprint density at radius 1 is 0.971 bits per heavy atom. The average molecular weight is 460 g/mol. The molecule has 0 radical (unpaired) electrons. The number of ether oxygens (including phenoxy) is 2. The molecule has 1 aliphatic rings. The fourth-order valence-electron chi connectivity index (χ4n) is 4.29. The number of carbonyl (C=O) groups is 2. The van der Waals surface area contributed by atoms with Gasteiger partial charge in [0, 0.05) is 17.5 Å². The van der Waals surface area contributed by atoms with Gasteiger partial charge in [0.1, 0.15) is 31.4 Å². The molecule has 0 spiro atoms. The number of hydrogen-bond acceptors (Lipinski definition) is 5. The normalized spacial score (nSPS) is 13.2. The molecule has 0 saturated heterocycles. The van der Waals surface area contributed by atoms with Crippen LogP contribution in [0.2, 0.25) is 0 Å². The standard InChI is InChI=1S/C28H29NO5/c1-19(2)29(15-21(31)17-33-22-13-11-20(16-30)12-14-22)28(32)34-18-27-25-9-5-3-7-23(25)24-8-4-6-10-26(24)27/h3-14,16,19,21,27,31H,15,17-18H2,1-2H3. The van der Waals surface area contributed by atoms with Crippen molar-refractivity contribution >= 4 is 12.4 Å². The number of amides is 1. The molecule has 6 nitrogen and oxygen atoms in total. The minimum Gasteiger partial charge on any atom is -0.491 e. The zero-order valence-corrected chi connectivity index (χ0v) is 19.4. The first-order chi connectivity index (χ1) is 16.5. The van der Waals surface area contributed by atoms with E-state index in [2.05, 4.69) is 24.3 Å². The summed E-state index contributed by atoms with van der Waals surface area (Å²) in [5, 5.41) is 10.5. The first-order valence-electron chi connectivity index (χ1n) is 11.5. The smallest absolute Gasteiger partial charge is 0.410 e. The molecular formula is C28H29NO5. The largest absolute Gasteiger partial charge is 0.491 e. The molecule has 4 rings (SSSR count). The van der Waals surface area contributed by atoms with Gasteiger partial charge >= 0.3 is 6.09 Å². The molecular weight excluding hydrogens is 430 g/mol. The van der Waals surface area contributed by atoms with Crippen LogP contribution in [-0.4, -0.2) is 54.3 Å². The number of aliphatic hydroxyl groups excluding tert-OH is 1. The lowest BCUT2D eigenvalue weighted by Crippen LogP contribution is -2.44. The Morgan fingerprint density at radius 2 is 1.56 bits per heavy atom. The van der Waals surface area contributed by atoms with E-state index < -0.39 is 12.2 Å².